The van der Waals surface area contributed by atoms with Gasteiger partial charge in [0.2, 0.25) is 11.1 Å². The maximum atomic E-state index is 11.8. The summed E-state index contributed by atoms with van der Waals surface area (Å²) in [7, 11) is -5.38. The number of ether oxygens (including phenoxy) is 1. The summed E-state index contributed by atoms with van der Waals surface area (Å²) in [6, 6.07) is 0.798. The summed E-state index contributed by atoms with van der Waals surface area (Å²) >= 11 is 0. The van der Waals surface area contributed by atoms with Crippen molar-refractivity contribution in [1.82, 2.24) is 9.55 Å². The first kappa shape index (κ1) is 16.0. The van der Waals surface area contributed by atoms with Crippen LogP contribution in [-0.4, -0.2) is 59.3 Å². The number of aromatic nitrogens is 2. The molecule has 0 aromatic carbocycles. The Morgan fingerprint density at radius 1 is 1.43 bits per heavy atom. The highest BCUT2D eigenvalue weighted by Gasteiger charge is 2.70. The van der Waals surface area contributed by atoms with Crippen LogP contribution in [0.15, 0.2) is 21.9 Å². The minimum atomic E-state index is -5.38. The number of aliphatic hydroxyl groups excluding tert-OH is 1. The first-order valence-electron chi connectivity index (χ1n) is 5.63. The molecule has 0 unspecified atom stereocenters. The average Bonchev–Trinajstić information content (AvgIpc) is 2.63. The van der Waals surface area contributed by atoms with Gasteiger partial charge in [-0.3, -0.25) is 18.9 Å². The zero-order valence-corrected chi connectivity index (χ0v) is 11.3. The Morgan fingerprint density at radius 3 is 2.52 bits per heavy atom. The van der Waals surface area contributed by atoms with E-state index in [1.165, 1.54) is 0 Å². The molecule has 0 spiro atoms. The fourth-order valence-electron chi connectivity index (χ4n) is 2.21. The fraction of sp³-hybridized carbons (Fsp3) is 0.556. The standard InChI is InChI=1S/C9H13N2O9P/c12-3-5-9(16,8(15,4-20-5)21(17,18)19)11-2-1-6(13)10-7(11)14/h1-2,5,12,15-16H,3-4H2,(H,10,13,14)(H2,17,18,19)/t5-,8+,9+/m1/s1. The molecule has 1 saturated heterocycles. The second kappa shape index (κ2) is 4.85. The molecule has 1 aliphatic rings. The quantitative estimate of drug-likeness (QED) is 0.306. The lowest BCUT2D eigenvalue weighted by Gasteiger charge is -2.39. The van der Waals surface area contributed by atoms with Crippen LogP contribution >= 0.6 is 7.60 Å². The van der Waals surface area contributed by atoms with Gasteiger partial charge in [-0.25, -0.2) is 4.79 Å². The van der Waals surface area contributed by atoms with Gasteiger partial charge in [-0.05, 0) is 0 Å². The van der Waals surface area contributed by atoms with Crippen molar-refractivity contribution in [2.75, 3.05) is 13.2 Å². The third-order valence-electron chi connectivity index (χ3n) is 3.36. The van der Waals surface area contributed by atoms with Gasteiger partial charge in [0.05, 0.1) is 13.2 Å². The van der Waals surface area contributed by atoms with Crippen LogP contribution in [0, 0.1) is 0 Å². The number of aliphatic hydroxyl groups is 3. The molecule has 1 aromatic heterocycles. The number of H-pyrrole nitrogens is 1. The Morgan fingerprint density at radius 2 is 2.05 bits per heavy atom. The van der Waals surface area contributed by atoms with Crippen LogP contribution in [0.25, 0.3) is 0 Å². The van der Waals surface area contributed by atoms with Crippen molar-refractivity contribution in [3.63, 3.8) is 0 Å². The van der Waals surface area contributed by atoms with Crippen molar-refractivity contribution in [2.24, 2.45) is 0 Å². The lowest BCUT2D eigenvalue weighted by Crippen LogP contribution is -2.62. The van der Waals surface area contributed by atoms with Crippen LogP contribution in [0.4, 0.5) is 0 Å². The molecule has 1 aliphatic heterocycles. The summed E-state index contributed by atoms with van der Waals surface area (Å²) in [4.78, 5) is 43.1. The SMILES string of the molecule is O=c1ccn([C@]2(O)[C@@H](CO)OC[C@]2(O)P(=O)(O)O)c(=O)[nH]1. The second-order valence-electron chi connectivity index (χ2n) is 4.55. The van der Waals surface area contributed by atoms with E-state index in [9.17, 15) is 39.3 Å². The highest BCUT2D eigenvalue weighted by atomic mass is 31.2. The minimum absolute atomic E-state index is 0.307. The van der Waals surface area contributed by atoms with E-state index in [-0.39, 0.29) is 0 Å². The maximum Gasteiger partial charge on any atom is 0.364 e. The molecule has 2 heterocycles. The van der Waals surface area contributed by atoms with Crippen molar-refractivity contribution in [2.45, 2.75) is 17.2 Å². The molecule has 0 saturated carbocycles. The number of hydrogen-bond donors (Lipinski definition) is 6. The van der Waals surface area contributed by atoms with E-state index < -0.39 is 49.2 Å². The Bertz CT molecular complexity index is 708. The van der Waals surface area contributed by atoms with Gasteiger partial charge in [-0.1, -0.05) is 0 Å². The number of aromatic amines is 1. The largest absolute Gasteiger partial charge is 0.393 e. The Hall–Kier alpha value is -1.33. The number of hydrogen-bond acceptors (Lipinski definition) is 7. The molecule has 0 radical (unpaired) electrons. The summed E-state index contributed by atoms with van der Waals surface area (Å²) in [6.07, 6.45) is -0.960. The molecule has 1 aromatic rings. The van der Waals surface area contributed by atoms with Gasteiger partial charge < -0.3 is 29.8 Å². The number of rotatable bonds is 3. The van der Waals surface area contributed by atoms with E-state index in [1.54, 1.807) is 4.98 Å². The summed E-state index contributed by atoms with van der Waals surface area (Å²) < 4.78 is 16.6. The predicted molar refractivity (Wildman–Crippen MR) is 65.3 cm³/mol. The molecule has 11 nitrogen and oxygen atoms in total. The van der Waals surface area contributed by atoms with Crippen LogP contribution in [-0.2, 0) is 15.0 Å². The third-order valence-corrected chi connectivity index (χ3v) is 4.78. The summed E-state index contributed by atoms with van der Waals surface area (Å²) in [5.41, 5.74) is -5.03. The van der Waals surface area contributed by atoms with Crippen LogP contribution in [0.3, 0.4) is 0 Å². The third kappa shape index (κ3) is 2.10. The van der Waals surface area contributed by atoms with E-state index in [0.29, 0.717) is 4.57 Å². The summed E-state index contributed by atoms with van der Waals surface area (Å²) in [5, 5.41) is 26.8. The van der Waals surface area contributed by atoms with Crippen molar-refractivity contribution in [3.8, 4) is 0 Å². The average molecular weight is 324 g/mol. The maximum absolute atomic E-state index is 11.8. The first-order valence-corrected chi connectivity index (χ1v) is 7.24. The molecule has 0 amide bonds. The summed E-state index contributed by atoms with van der Waals surface area (Å²) in [5.74, 6) is 0. The molecule has 3 atom stereocenters. The second-order valence-corrected chi connectivity index (χ2v) is 6.38. The molecule has 12 heteroatoms. The van der Waals surface area contributed by atoms with E-state index in [2.05, 4.69) is 0 Å². The van der Waals surface area contributed by atoms with Crippen LogP contribution in [0.5, 0.6) is 0 Å². The fourth-order valence-corrected chi connectivity index (χ4v) is 3.13. The number of nitrogens with zero attached hydrogens (tertiary/aromatic N) is 1. The summed E-state index contributed by atoms with van der Waals surface area (Å²) in [6.45, 7) is -1.96. The van der Waals surface area contributed by atoms with Gasteiger partial charge in [0.1, 0.15) is 6.10 Å². The topological polar surface area (TPSA) is 182 Å². The molecule has 6 N–H and O–H groups in total. The first-order chi connectivity index (χ1) is 9.58. The lowest BCUT2D eigenvalue weighted by atomic mass is 10.0. The van der Waals surface area contributed by atoms with E-state index in [1.807, 2.05) is 0 Å². The monoisotopic (exact) mass is 324 g/mol. The van der Waals surface area contributed by atoms with Crippen molar-refractivity contribution in [3.05, 3.63) is 33.1 Å². The molecule has 0 bridgehead atoms. The Labute approximate surface area is 116 Å². The Kier molecular flexibility index (Phi) is 3.71. The molecule has 1 fully saturated rings. The molecular formula is C9H13N2O9P. The molecule has 118 valence electrons. The van der Waals surface area contributed by atoms with Crippen molar-refractivity contribution >= 4 is 7.60 Å². The highest BCUT2D eigenvalue weighted by Crippen LogP contribution is 2.59. The molecular weight excluding hydrogens is 311 g/mol. The van der Waals surface area contributed by atoms with Crippen molar-refractivity contribution in [1.29, 1.82) is 0 Å². The van der Waals surface area contributed by atoms with Crippen LogP contribution in [0.2, 0.25) is 0 Å². The van der Waals surface area contributed by atoms with Crippen molar-refractivity contribution < 1.29 is 34.4 Å². The zero-order chi connectivity index (χ0) is 16.1. The molecule has 2 rings (SSSR count). The normalized spacial score (nSPS) is 33.3. The van der Waals surface area contributed by atoms with E-state index >= 15 is 0 Å². The highest BCUT2D eigenvalue weighted by molar-refractivity contribution is 7.53. The van der Waals surface area contributed by atoms with Gasteiger partial charge >= 0.3 is 13.3 Å². The van der Waals surface area contributed by atoms with Gasteiger partial charge in [0, 0.05) is 12.3 Å². The molecule has 0 aliphatic carbocycles. The smallest absolute Gasteiger partial charge is 0.364 e. The van der Waals surface area contributed by atoms with Gasteiger partial charge in [0.15, 0.2) is 0 Å². The van der Waals surface area contributed by atoms with Gasteiger partial charge in [0.25, 0.3) is 5.56 Å². The predicted octanol–water partition coefficient (Wildman–Crippen LogP) is -3.56. The molecule has 21 heavy (non-hydrogen) atoms. The van der Waals surface area contributed by atoms with Gasteiger partial charge in [-0.2, -0.15) is 0 Å². The van der Waals surface area contributed by atoms with E-state index in [4.69, 9.17) is 4.74 Å². The van der Waals surface area contributed by atoms with Gasteiger partial charge in [-0.15, -0.1) is 0 Å². The Balaban J connectivity index is 2.76. The van der Waals surface area contributed by atoms with Crippen LogP contribution in [0.1, 0.15) is 0 Å². The number of nitrogens with one attached hydrogen (secondary N) is 1. The van der Waals surface area contributed by atoms with Crippen LogP contribution < -0.4 is 11.2 Å². The zero-order valence-electron chi connectivity index (χ0n) is 10.4. The lowest BCUT2D eigenvalue weighted by molar-refractivity contribution is -0.173. The minimum Gasteiger partial charge on any atom is -0.393 e. The van der Waals surface area contributed by atoms with E-state index in [0.717, 1.165) is 12.3 Å².